The van der Waals surface area contributed by atoms with Crippen LogP contribution in [0.4, 0.5) is 0 Å². The minimum absolute atomic E-state index is 0.0344. The summed E-state index contributed by atoms with van der Waals surface area (Å²) in [4.78, 5) is 9.89. The van der Waals surface area contributed by atoms with Crippen LogP contribution in [0.3, 0.4) is 0 Å². The van der Waals surface area contributed by atoms with Crippen molar-refractivity contribution in [3.8, 4) is 11.1 Å². The molecule has 0 N–H and O–H groups in total. The lowest BCUT2D eigenvalue weighted by atomic mass is 9.61. The van der Waals surface area contributed by atoms with Gasteiger partial charge in [-0.15, -0.1) is 0 Å². The van der Waals surface area contributed by atoms with Crippen LogP contribution in [-0.4, -0.2) is 55.4 Å². The van der Waals surface area contributed by atoms with Gasteiger partial charge in [-0.25, -0.2) is 0 Å². The van der Waals surface area contributed by atoms with Gasteiger partial charge in [0, 0.05) is 47.0 Å². The van der Waals surface area contributed by atoms with Crippen molar-refractivity contribution in [2.75, 3.05) is 0 Å². The molecular formula is C32H48B2N4. The third kappa shape index (κ3) is 5.51. The van der Waals surface area contributed by atoms with Gasteiger partial charge in [-0.05, 0) is 105 Å². The fraction of sp³-hybridized carbons (Fsp3) is 0.500. The van der Waals surface area contributed by atoms with E-state index < -0.39 is 0 Å². The zero-order valence-corrected chi connectivity index (χ0v) is 25.9. The van der Waals surface area contributed by atoms with Crippen molar-refractivity contribution in [2.24, 2.45) is 0 Å². The molecule has 4 nitrogen and oxygen atoms in total. The minimum Gasteiger partial charge on any atom is -0.392 e. The van der Waals surface area contributed by atoms with E-state index >= 15 is 0 Å². The second-order valence-electron chi connectivity index (χ2n) is 14.9. The van der Waals surface area contributed by atoms with Crippen LogP contribution >= 0.6 is 0 Å². The van der Waals surface area contributed by atoms with Crippen molar-refractivity contribution in [2.45, 2.75) is 105 Å². The molecule has 0 fully saturated rings. The highest BCUT2D eigenvalue weighted by atomic mass is 15.3. The maximum absolute atomic E-state index is 2.47. The molecule has 0 atom stereocenters. The van der Waals surface area contributed by atoms with Crippen LogP contribution < -0.4 is 10.9 Å². The van der Waals surface area contributed by atoms with Gasteiger partial charge in [0.25, 0.3) is 0 Å². The molecule has 202 valence electrons. The van der Waals surface area contributed by atoms with Gasteiger partial charge in [-0.1, -0.05) is 48.5 Å². The molecule has 0 saturated carbocycles. The SMILES string of the molecule is CC(C)(C)N1C=CN(C(C)(C)C)B1c1ccc(-c2ccc(B3N(C(C)(C)C)C=CN3C(C)(C)C)cc2)cc1. The van der Waals surface area contributed by atoms with Crippen LogP contribution in [0, 0.1) is 0 Å². The third-order valence-electron chi connectivity index (χ3n) is 7.68. The van der Waals surface area contributed by atoms with E-state index in [0.717, 1.165) is 0 Å². The van der Waals surface area contributed by atoms with Gasteiger partial charge in [-0.2, -0.15) is 0 Å². The fourth-order valence-corrected chi connectivity index (χ4v) is 5.58. The predicted octanol–water partition coefficient (Wildman–Crippen LogP) is 6.12. The van der Waals surface area contributed by atoms with E-state index in [9.17, 15) is 0 Å². The Kier molecular flexibility index (Phi) is 7.04. The first kappa shape index (κ1) is 28.3. The first-order chi connectivity index (χ1) is 17.4. The average Bonchev–Trinajstić information content (AvgIpc) is 3.44. The highest BCUT2D eigenvalue weighted by molar-refractivity contribution is 6.70. The van der Waals surface area contributed by atoms with E-state index in [2.05, 4.69) is 176 Å². The van der Waals surface area contributed by atoms with E-state index in [4.69, 9.17) is 0 Å². The van der Waals surface area contributed by atoms with Gasteiger partial charge in [0.1, 0.15) is 0 Å². The summed E-state index contributed by atoms with van der Waals surface area (Å²) in [5.41, 5.74) is 5.28. The Hall–Kier alpha value is -2.75. The average molecular weight is 510 g/mol. The number of hydrogen-bond donors (Lipinski definition) is 0. The number of benzene rings is 2. The Labute approximate surface area is 233 Å². The summed E-state index contributed by atoms with van der Waals surface area (Å²) in [6, 6.07) is 18.4. The van der Waals surface area contributed by atoms with Crippen molar-refractivity contribution in [1.82, 2.24) is 19.2 Å². The largest absolute Gasteiger partial charge is 0.411 e. The molecule has 4 rings (SSSR count). The van der Waals surface area contributed by atoms with Crippen molar-refractivity contribution in [3.63, 3.8) is 0 Å². The highest BCUT2D eigenvalue weighted by Gasteiger charge is 2.44. The van der Waals surface area contributed by atoms with E-state index in [1.165, 1.54) is 22.1 Å². The maximum atomic E-state index is 2.47. The van der Waals surface area contributed by atoms with Gasteiger partial charge in [-0.3, -0.25) is 0 Å². The van der Waals surface area contributed by atoms with Crippen LogP contribution in [0.25, 0.3) is 11.1 Å². The Morgan fingerprint density at radius 1 is 0.368 bits per heavy atom. The summed E-state index contributed by atoms with van der Waals surface area (Å²) in [6.45, 7) is 27.8. The molecule has 38 heavy (non-hydrogen) atoms. The molecule has 0 bridgehead atoms. The van der Waals surface area contributed by atoms with Crippen molar-refractivity contribution in [1.29, 1.82) is 0 Å². The summed E-state index contributed by atoms with van der Waals surface area (Å²) in [5, 5.41) is 0. The Morgan fingerprint density at radius 2 is 0.579 bits per heavy atom. The zero-order chi connectivity index (χ0) is 28.3. The van der Waals surface area contributed by atoms with Crippen molar-refractivity contribution >= 4 is 24.9 Å². The lowest BCUT2D eigenvalue weighted by Crippen LogP contribution is -2.62. The molecule has 2 aromatic rings. The third-order valence-corrected chi connectivity index (χ3v) is 7.68. The molecule has 6 heteroatoms. The molecule has 0 aliphatic carbocycles. The van der Waals surface area contributed by atoms with Crippen molar-refractivity contribution in [3.05, 3.63) is 73.3 Å². The molecular weight excluding hydrogens is 462 g/mol. The topological polar surface area (TPSA) is 13.0 Å². The van der Waals surface area contributed by atoms with E-state index in [-0.39, 0.29) is 36.1 Å². The fourth-order valence-electron chi connectivity index (χ4n) is 5.58. The monoisotopic (exact) mass is 510 g/mol. The maximum Gasteiger partial charge on any atom is 0.411 e. The second-order valence-corrected chi connectivity index (χ2v) is 14.9. The first-order valence-electron chi connectivity index (χ1n) is 14.1. The zero-order valence-electron chi connectivity index (χ0n) is 25.9. The van der Waals surface area contributed by atoms with E-state index in [1.807, 2.05) is 0 Å². The van der Waals surface area contributed by atoms with Crippen LogP contribution in [0.1, 0.15) is 83.1 Å². The summed E-state index contributed by atoms with van der Waals surface area (Å²) < 4.78 is 0. The lowest BCUT2D eigenvalue weighted by Gasteiger charge is -2.43. The highest BCUT2D eigenvalue weighted by Crippen LogP contribution is 2.31. The van der Waals surface area contributed by atoms with Crippen LogP contribution in [0.15, 0.2) is 73.3 Å². The summed E-state index contributed by atoms with van der Waals surface area (Å²) in [5.74, 6) is 0. The molecule has 2 aliphatic heterocycles. The quantitative estimate of drug-likeness (QED) is 0.462. The molecule has 0 aromatic heterocycles. The molecule has 0 radical (unpaired) electrons. The van der Waals surface area contributed by atoms with Gasteiger partial charge in [0.05, 0.1) is 0 Å². The van der Waals surface area contributed by atoms with Crippen LogP contribution in [-0.2, 0) is 0 Å². The summed E-state index contributed by atoms with van der Waals surface area (Å²) in [7, 11) is 0. The molecule has 0 unspecified atom stereocenters. The Balaban J connectivity index is 1.61. The second kappa shape index (κ2) is 9.46. The van der Waals surface area contributed by atoms with Crippen LogP contribution in [0.5, 0.6) is 0 Å². The lowest BCUT2D eigenvalue weighted by molar-refractivity contribution is 0.285. The number of nitrogens with zero attached hydrogens (tertiary/aromatic N) is 4. The molecule has 0 amide bonds. The van der Waals surface area contributed by atoms with Gasteiger partial charge < -0.3 is 19.2 Å². The summed E-state index contributed by atoms with van der Waals surface area (Å²) in [6.07, 6.45) is 9.01. The standard InChI is InChI=1S/C32H48B2N4/c1-29(2,3)35-21-22-36(30(4,5)6)33(35)27-17-13-25(14-18-27)26-15-19-28(20-16-26)34-37(31(7,8)9)23-24-38(34)32(10,11)12/h13-24H,1-12H3. The molecule has 0 spiro atoms. The smallest absolute Gasteiger partial charge is 0.392 e. The number of rotatable bonds is 3. The van der Waals surface area contributed by atoms with E-state index in [0.29, 0.717) is 0 Å². The molecule has 2 heterocycles. The summed E-state index contributed by atoms with van der Waals surface area (Å²) >= 11 is 0. The Bertz CT molecular complexity index is 1030. The van der Waals surface area contributed by atoms with Crippen molar-refractivity contribution < 1.29 is 0 Å². The van der Waals surface area contributed by atoms with Gasteiger partial charge in [0.2, 0.25) is 0 Å². The first-order valence-corrected chi connectivity index (χ1v) is 14.1. The van der Waals surface area contributed by atoms with Crippen LogP contribution in [0.2, 0.25) is 0 Å². The predicted molar refractivity (Wildman–Crippen MR) is 167 cm³/mol. The molecule has 2 aromatic carbocycles. The number of hydrogen-bond acceptors (Lipinski definition) is 4. The normalized spacial score (nSPS) is 16.9. The van der Waals surface area contributed by atoms with Gasteiger partial charge in [0.15, 0.2) is 0 Å². The van der Waals surface area contributed by atoms with Gasteiger partial charge >= 0.3 is 14.0 Å². The minimum atomic E-state index is 0.0344. The molecule has 0 saturated heterocycles. The van der Waals surface area contributed by atoms with E-state index in [1.54, 1.807) is 0 Å². The molecule has 2 aliphatic rings. The Morgan fingerprint density at radius 3 is 0.763 bits per heavy atom.